The summed E-state index contributed by atoms with van der Waals surface area (Å²) < 4.78 is 0. The molecule has 0 aliphatic rings. The van der Waals surface area contributed by atoms with Crippen LogP contribution in [0.25, 0.3) is 10.4 Å². The van der Waals surface area contributed by atoms with Crippen LogP contribution in [0.1, 0.15) is 11.1 Å². The van der Waals surface area contributed by atoms with Crippen molar-refractivity contribution in [2.45, 2.75) is 6.42 Å². The highest BCUT2D eigenvalue weighted by atomic mass is 15.1. The topological polar surface area (TPSA) is 74.8 Å². The van der Waals surface area contributed by atoms with Crippen LogP contribution < -0.4 is 5.73 Å². The second-order valence-electron chi connectivity index (χ2n) is 2.93. The number of rotatable bonds is 3. The molecule has 2 N–H and O–H groups in total. The van der Waals surface area contributed by atoms with Crippen molar-refractivity contribution < 1.29 is 0 Å². The highest BCUT2D eigenvalue weighted by molar-refractivity contribution is 5.37. The molecule has 0 saturated carbocycles. The molecular formula is C11H12N4. The Morgan fingerprint density at radius 1 is 1.47 bits per heavy atom. The molecule has 4 nitrogen and oxygen atoms in total. The van der Waals surface area contributed by atoms with Crippen LogP contribution >= 0.6 is 0 Å². The van der Waals surface area contributed by atoms with E-state index in [-0.39, 0.29) is 6.54 Å². The molecule has 76 valence electrons. The van der Waals surface area contributed by atoms with Gasteiger partial charge < -0.3 is 5.73 Å². The lowest BCUT2D eigenvalue weighted by molar-refractivity contribution is 0.968. The van der Waals surface area contributed by atoms with Crippen molar-refractivity contribution in [3.05, 3.63) is 45.8 Å². The quantitative estimate of drug-likeness (QED) is 0.344. The fourth-order valence-corrected chi connectivity index (χ4v) is 1.18. The van der Waals surface area contributed by atoms with Gasteiger partial charge in [0.15, 0.2) is 0 Å². The molecule has 0 saturated heterocycles. The number of azide groups is 1. The van der Waals surface area contributed by atoms with Crippen molar-refractivity contribution in [2.24, 2.45) is 10.8 Å². The predicted octanol–water partition coefficient (Wildman–Crippen LogP) is 1.85. The molecule has 0 atom stereocenters. The Labute approximate surface area is 88.7 Å². The normalized spacial score (nSPS) is 8.60. The number of hydrogen-bond acceptors (Lipinski definition) is 2. The third kappa shape index (κ3) is 4.19. The molecule has 0 bridgehead atoms. The van der Waals surface area contributed by atoms with E-state index in [1.165, 1.54) is 5.56 Å². The minimum absolute atomic E-state index is 0.206. The maximum Gasteiger partial charge on any atom is 0.0880 e. The number of nitrogens with two attached hydrogens (primary N) is 1. The minimum atomic E-state index is 0.206. The molecule has 0 aromatic heterocycles. The lowest BCUT2D eigenvalue weighted by atomic mass is 10.1. The van der Waals surface area contributed by atoms with E-state index in [9.17, 15) is 0 Å². The first-order chi connectivity index (χ1) is 7.36. The van der Waals surface area contributed by atoms with Crippen LogP contribution in [0.15, 0.2) is 29.4 Å². The molecular weight excluding hydrogens is 188 g/mol. The fraction of sp³-hybridized carbons (Fsp3) is 0.273. The summed E-state index contributed by atoms with van der Waals surface area (Å²) in [5.74, 6) is 5.69. The number of hydrogen-bond donors (Lipinski definition) is 1. The van der Waals surface area contributed by atoms with Crippen LogP contribution in [0.5, 0.6) is 0 Å². The summed E-state index contributed by atoms with van der Waals surface area (Å²) in [5, 5.41) is 3.33. The molecule has 0 fully saturated rings. The van der Waals surface area contributed by atoms with Gasteiger partial charge in [-0.05, 0) is 36.2 Å². The zero-order chi connectivity index (χ0) is 10.9. The highest BCUT2D eigenvalue weighted by Gasteiger charge is 1.91. The van der Waals surface area contributed by atoms with Crippen LogP contribution in [-0.4, -0.2) is 13.1 Å². The molecule has 4 heteroatoms. The largest absolute Gasteiger partial charge is 0.330 e. The van der Waals surface area contributed by atoms with Gasteiger partial charge in [-0.15, -0.1) is 0 Å². The molecule has 0 heterocycles. The van der Waals surface area contributed by atoms with Crippen molar-refractivity contribution in [3.63, 3.8) is 0 Å². The van der Waals surface area contributed by atoms with E-state index in [2.05, 4.69) is 21.9 Å². The lowest BCUT2D eigenvalue weighted by Crippen LogP contribution is -2.02. The third-order valence-corrected chi connectivity index (χ3v) is 1.81. The summed E-state index contributed by atoms with van der Waals surface area (Å²) in [4.78, 5) is 2.62. The summed E-state index contributed by atoms with van der Waals surface area (Å²) in [6.07, 6.45) is 0.853. The van der Waals surface area contributed by atoms with Gasteiger partial charge in [0, 0.05) is 10.5 Å². The van der Waals surface area contributed by atoms with Crippen LogP contribution in [0.2, 0.25) is 0 Å². The molecule has 1 aromatic carbocycles. The van der Waals surface area contributed by atoms with E-state index >= 15 is 0 Å². The molecule has 0 amide bonds. The first kappa shape index (κ1) is 11.1. The van der Waals surface area contributed by atoms with Crippen LogP contribution in [0.4, 0.5) is 0 Å². The molecule has 0 unspecified atom stereocenters. The van der Waals surface area contributed by atoms with E-state index in [1.54, 1.807) is 0 Å². The second kappa shape index (κ2) is 6.50. The average Bonchev–Trinajstić information content (AvgIpc) is 2.26. The third-order valence-electron chi connectivity index (χ3n) is 1.81. The second-order valence-corrected chi connectivity index (χ2v) is 2.93. The van der Waals surface area contributed by atoms with Crippen molar-refractivity contribution in [1.82, 2.24) is 0 Å². The number of benzene rings is 1. The van der Waals surface area contributed by atoms with Gasteiger partial charge in [0.1, 0.15) is 0 Å². The molecule has 0 aliphatic carbocycles. The molecule has 0 aliphatic heterocycles. The van der Waals surface area contributed by atoms with Crippen molar-refractivity contribution >= 4 is 0 Å². The first-order valence-electron chi connectivity index (χ1n) is 4.65. The molecule has 0 radical (unpaired) electrons. The Morgan fingerprint density at radius 2 is 2.33 bits per heavy atom. The maximum atomic E-state index is 8.05. The SMILES string of the molecule is [N-]=[N+]=NCC#Cc1cccc(CCN)c1. The van der Waals surface area contributed by atoms with Crippen LogP contribution in [-0.2, 0) is 6.42 Å². The van der Waals surface area contributed by atoms with Gasteiger partial charge in [0.2, 0.25) is 0 Å². The van der Waals surface area contributed by atoms with Crippen LogP contribution in [0, 0.1) is 11.8 Å². The predicted molar refractivity (Wildman–Crippen MR) is 60.1 cm³/mol. The van der Waals surface area contributed by atoms with E-state index in [4.69, 9.17) is 11.3 Å². The smallest absolute Gasteiger partial charge is 0.0880 e. The van der Waals surface area contributed by atoms with Crippen molar-refractivity contribution in [1.29, 1.82) is 0 Å². The Kier molecular flexibility index (Phi) is 4.82. The molecule has 1 aromatic rings. The van der Waals surface area contributed by atoms with E-state index in [0.29, 0.717) is 6.54 Å². The molecule has 0 spiro atoms. The Morgan fingerprint density at radius 3 is 3.07 bits per heavy atom. The summed E-state index contributed by atoms with van der Waals surface area (Å²) in [7, 11) is 0. The Hall–Kier alpha value is -1.95. The van der Waals surface area contributed by atoms with Crippen molar-refractivity contribution in [2.75, 3.05) is 13.1 Å². The molecule has 15 heavy (non-hydrogen) atoms. The van der Waals surface area contributed by atoms with Gasteiger partial charge in [-0.3, -0.25) is 0 Å². The zero-order valence-electron chi connectivity index (χ0n) is 8.35. The summed E-state index contributed by atoms with van der Waals surface area (Å²) in [6, 6.07) is 7.88. The standard InChI is InChI=1S/C11H12N4/c12-7-6-11-4-1-3-10(9-11)5-2-8-14-15-13/h1,3-4,9H,6-8,12H2. The number of nitrogens with zero attached hydrogens (tertiary/aromatic N) is 3. The van der Waals surface area contributed by atoms with Gasteiger partial charge in [0.05, 0.1) is 6.54 Å². The fourth-order valence-electron chi connectivity index (χ4n) is 1.18. The first-order valence-corrected chi connectivity index (χ1v) is 4.65. The van der Waals surface area contributed by atoms with Crippen LogP contribution in [0.3, 0.4) is 0 Å². The van der Waals surface area contributed by atoms with E-state index in [0.717, 1.165) is 12.0 Å². The Balaban J connectivity index is 2.71. The monoisotopic (exact) mass is 200 g/mol. The van der Waals surface area contributed by atoms with Crippen molar-refractivity contribution in [3.8, 4) is 11.8 Å². The van der Waals surface area contributed by atoms with Gasteiger partial charge >= 0.3 is 0 Å². The van der Waals surface area contributed by atoms with Gasteiger partial charge in [-0.2, -0.15) is 0 Å². The molecule has 1 rings (SSSR count). The summed E-state index contributed by atoms with van der Waals surface area (Å²) in [5.41, 5.74) is 15.6. The average molecular weight is 200 g/mol. The van der Waals surface area contributed by atoms with E-state index < -0.39 is 0 Å². The Bertz CT molecular complexity index is 422. The lowest BCUT2D eigenvalue weighted by Gasteiger charge is -1.98. The van der Waals surface area contributed by atoms with E-state index in [1.807, 2.05) is 24.3 Å². The van der Waals surface area contributed by atoms with Gasteiger partial charge in [-0.25, -0.2) is 0 Å². The zero-order valence-corrected chi connectivity index (χ0v) is 8.35. The highest BCUT2D eigenvalue weighted by Crippen LogP contribution is 2.04. The maximum absolute atomic E-state index is 8.05. The summed E-state index contributed by atoms with van der Waals surface area (Å²) in [6.45, 7) is 0.841. The van der Waals surface area contributed by atoms with Gasteiger partial charge in [0.25, 0.3) is 0 Å². The van der Waals surface area contributed by atoms with Gasteiger partial charge in [-0.1, -0.05) is 29.1 Å². The summed E-state index contributed by atoms with van der Waals surface area (Å²) >= 11 is 0. The minimum Gasteiger partial charge on any atom is -0.330 e.